The van der Waals surface area contributed by atoms with E-state index in [4.69, 9.17) is 0 Å². The van der Waals surface area contributed by atoms with E-state index in [0.717, 1.165) is 36.8 Å². The Morgan fingerprint density at radius 1 is 1.04 bits per heavy atom. The Hall–Kier alpha value is -0.990. The number of carbonyl (C=O) groups excluding carboxylic acids is 1. The summed E-state index contributed by atoms with van der Waals surface area (Å²) in [6, 6.07) is 0.235. The lowest BCUT2D eigenvalue weighted by molar-refractivity contribution is -0.0622. The van der Waals surface area contributed by atoms with Crippen molar-refractivity contribution in [2.24, 2.45) is 35.0 Å². The lowest BCUT2D eigenvalue weighted by Gasteiger charge is -2.59. The molecule has 0 radical (unpaired) electrons. The minimum Gasteiger partial charge on any atom is -0.333 e. The molecule has 1 aliphatic heterocycles. The van der Waals surface area contributed by atoms with Crippen LogP contribution < -0.4 is 5.32 Å². The van der Waals surface area contributed by atoms with E-state index < -0.39 is 0 Å². The Bertz CT molecular complexity index is 539. The number of amides is 2. The molecule has 0 aromatic carbocycles. The second kappa shape index (κ2) is 5.50. The van der Waals surface area contributed by atoms with E-state index in [1.165, 1.54) is 57.8 Å². The normalized spacial score (nSPS) is 46.8. The highest BCUT2D eigenvalue weighted by Crippen LogP contribution is 2.58. The van der Waals surface area contributed by atoms with E-state index >= 15 is 0 Å². The minimum atomic E-state index is 0.147. The van der Waals surface area contributed by atoms with Gasteiger partial charge in [-0.2, -0.15) is 0 Å². The largest absolute Gasteiger partial charge is 0.333 e. The third kappa shape index (κ3) is 2.40. The van der Waals surface area contributed by atoms with E-state index in [1.54, 1.807) is 0 Å². The smallest absolute Gasteiger partial charge is 0.317 e. The second-order valence-electron chi connectivity index (χ2n) is 10.3. The number of hydrogen-bond donors (Lipinski definition) is 1. The van der Waals surface area contributed by atoms with Gasteiger partial charge in [-0.3, -0.25) is 0 Å². The van der Waals surface area contributed by atoms with E-state index in [2.05, 4.69) is 29.8 Å². The first-order valence-corrected chi connectivity index (χ1v) is 10.7. The number of nitrogens with one attached hydrogen (secondary N) is 1. The van der Waals surface area contributed by atoms with Gasteiger partial charge in [0.15, 0.2) is 0 Å². The molecule has 138 valence electrons. The molecule has 2 unspecified atom stereocenters. The third-order valence-corrected chi connectivity index (χ3v) is 9.00. The van der Waals surface area contributed by atoms with Gasteiger partial charge < -0.3 is 10.2 Å². The number of rotatable bonds is 2. The number of allylic oxidation sites excluding steroid dienone is 1. The number of urea groups is 1. The summed E-state index contributed by atoms with van der Waals surface area (Å²) in [5.41, 5.74) is 0.591. The Morgan fingerprint density at radius 3 is 2.08 bits per heavy atom. The Kier molecular flexibility index (Phi) is 3.57. The minimum absolute atomic E-state index is 0.147. The SMILES string of the molecule is C=CC1CC(C)C12CCN(C(=O)NC13CC4CC(CC(C4)C1)C3)CC2. The van der Waals surface area contributed by atoms with Gasteiger partial charge in [0.2, 0.25) is 0 Å². The van der Waals surface area contributed by atoms with Crippen LogP contribution >= 0.6 is 0 Å². The summed E-state index contributed by atoms with van der Waals surface area (Å²) in [6.07, 6.45) is 13.8. The molecule has 5 saturated carbocycles. The molecule has 0 aromatic rings. The highest BCUT2D eigenvalue weighted by atomic mass is 16.2. The number of piperidine rings is 1. The summed E-state index contributed by atoms with van der Waals surface area (Å²) in [7, 11) is 0. The summed E-state index contributed by atoms with van der Waals surface area (Å²) < 4.78 is 0. The zero-order valence-electron chi connectivity index (χ0n) is 15.8. The molecule has 6 aliphatic rings. The van der Waals surface area contributed by atoms with Crippen LogP contribution in [0.15, 0.2) is 12.7 Å². The lowest BCUT2D eigenvalue weighted by Crippen LogP contribution is -2.63. The maximum atomic E-state index is 13.0. The van der Waals surface area contributed by atoms with E-state index in [1.807, 2.05) is 0 Å². The predicted molar refractivity (Wildman–Crippen MR) is 100 cm³/mol. The number of nitrogens with zero attached hydrogens (tertiary/aromatic N) is 1. The molecule has 0 aromatic heterocycles. The molecule has 3 heteroatoms. The quantitative estimate of drug-likeness (QED) is 0.732. The molecular weight excluding hydrogens is 308 g/mol. The van der Waals surface area contributed by atoms with Crippen LogP contribution in [0.25, 0.3) is 0 Å². The Morgan fingerprint density at radius 2 is 1.60 bits per heavy atom. The molecule has 2 atom stereocenters. The van der Waals surface area contributed by atoms with Crippen LogP contribution in [-0.4, -0.2) is 29.6 Å². The van der Waals surface area contributed by atoms with Crippen LogP contribution in [0, 0.1) is 35.0 Å². The molecular formula is C22H34N2O. The molecule has 4 bridgehead atoms. The summed E-state index contributed by atoms with van der Waals surface area (Å²) in [6.45, 7) is 8.32. The van der Waals surface area contributed by atoms with Gasteiger partial charge in [-0.15, -0.1) is 6.58 Å². The Balaban J connectivity index is 1.22. The first kappa shape index (κ1) is 16.2. The zero-order valence-corrected chi connectivity index (χ0v) is 15.8. The van der Waals surface area contributed by atoms with E-state index in [-0.39, 0.29) is 11.6 Å². The zero-order chi connectivity index (χ0) is 17.2. The summed E-state index contributed by atoms with van der Waals surface area (Å²) in [5, 5.41) is 3.56. The molecule has 1 spiro atoms. The van der Waals surface area contributed by atoms with Crippen molar-refractivity contribution in [2.45, 2.75) is 70.3 Å². The highest BCUT2D eigenvalue weighted by molar-refractivity contribution is 5.75. The average molecular weight is 343 g/mol. The monoisotopic (exact) mass is 342 g/mol. The molecule has 6 rings (SSSR count). The van der Waals surface area contributed by atoms with Gasteiger partial charge in [-0.1, -0.05) is 13.0 Å². The summed E-state index contributed by atoms with van der Waals surface area (Å²) >= 11 is 0. The second-order valence-corrected chi connectivity index (χ2v) is 10.3. The summed E-state index contributed by atoms with van der Waals surface area (Å²) in [5.74, 6) is 4.14. The van der Waals surface area contributed by atoms with Gasteiger partial charge in [0.1, 0.15) is 0 Å². The van der Waals surface area contributed by atoms with Gasteiger partial charge in [-0.05, 0) is 92.8 Å². The van der Waals surface area contributed by atoms with Crippen LogP contribution in [0.3, 0.4) is 0 Å². The fourth-order valence-electron chi connectivity index (χ4n) is 7.95. The average Bonchev–Trinajstić information content (AvgIpc) is 2.58. The maximum absolute atomic E-state index is 13.0. The van der Waals surface area contributed by atoms with Gasteiger partial charge in [-0.25, -0.2) is 4.79 Å². The van der Waals surface area contributed by atoms with Crippen LogP contribution in [0.2, 0.25) is 0 Å². The molecule has 25 heavy (non-hydrogen) atoms. The van der Waals surface area contributed by atoms with Crippen LogP contribution in [0.1, 0.15) is 64.7 Å². The van der Waals surface area contributed by atoms with Crippen molar-refractivity contribution in [1.29, 1.82) is 0 Å². The molecule has 2 amide bonds. The van der Waals surface area contributed by atoms with E-state index in [9.17, 15) is 4.79 Å². The van der Waals surface area contributed by atoms with Crippen molar-refractivity contribution >= 4 is 6.03 Å². The molecule has 5 aliphatic carbocycles. The molecule has 3 nitrogen and oxygen atoms in total. The number of carbonyl (C=O) groups is 1. The fraction of sp³-hybridized carbons (Fsp3) is 0.864. The van der Waals surface area contributed by atoms with E-state index in [0.29, 0.717) is 11.3 Å². The van der Waals surface area contributed by atoms with Crippen molar-refractivity contribution in [1.82, 2.24) is 10.2 Å². The number of hydrogen-bond acceptors (Lipinski definition) is 1. The first-order chi connectivity index (χ1) is 12.0. The van der Waals surface area contributed by atoms with Crippen molar-refractivity contribution < 1.29 is 4.79 Å². The van der Waals surface area contributed by atoms with Crippen LogP contribution in [-0.2, 0) is 0 Å². The summed E-state index contributed by atoms with van der Waals surface area (Å²) in [4.78, 5) is 15.1. The van der Waals surface area contributed by atoms with Crippen molar-refractivity contribution in [3.8, 4) is 0 Å². The Labute approximate surface area is 152 Å². The molecule has 6 fully saturated rings. The lowest BCUT2D eigenvalue weighted by atomic mass is 9.50. The van der Waals surface area contributed by atoms with Gasteiger partial charge >= 0.3 is 6.03 Å². The molecule has 1 saturated heterocycles. The van der Waals surface area contributed by atoms with Crippen molar-refractivity contribution in [3.05, 3.63) is 12.7 Å². The standard InChI is InChI=1S/C22H34N2O/c1-3-19-8-15(2)22(19)4-6-24(7-5-22)20(25)23-21-12-16-9-17(13-21)11-18(10-16)14-21/h3,15-19H,1,4-14H2,2H3,(H,23,25). The third-order valence-electron chi connectivity index (χ3n) is 9.00. The van der Waals surface area contributed by atoms with Gasteiger partial charge in [0.05, 0.1) is 0 Å². The highest BCUT2D eigenvalue weighted by Gasteiger charge is 2.54. The number of likely N-dealkylation sites (tertiary alicyclic amines) is 1. The first-order valence-electron chi connectivity index (χ1n) is 10.7. The van der Waals surface area contributed by atoms with Gasteiger partial charge in [0.25, 0.3) is 0 Å². The maximum Gasteiger partial charge on any atom is 0.317 e. The van der Waals surface area contributed by atoms with Crippen molar-refractivity contribution in [2.75, 3.05) is 13.1 Å². The van der Waals surface area contributed by atoms with Crippen LogP contribution in [0.4, 0.5) is 4.79 Å². The molecule has 1 heterocycles. The fourth-order valence-corrected chi connectivity index (χ4v) is 7.95. The van der Waals surface area contributed by atoms with Crippen LogP contribution in [0.5, 0.6) is 0 Å². The topological polar surface area (TPSA) is 32.3 Å². The van der Waals surface area contributed by atoms with Gasteiger partial charge in [0, 0.05) is 18.6 Å². The molecule has 1 N–H and O–H groups in total. The van der Waals surface area contributed by atoms with Crippen molar-refractivity contribution in [3.63, 3.8) is 0 Å². The predicted octanol–water partition coefficient (Wildman–Crippen LogP) is 4.59.